The molecule has 0 aromatic rings. The molecule has 1 saturated heterocycles. The highest BCUT2D eigenvalue weighted by Crippen LogP contribution is 2.60. The molecule has 2 saturated carbocycles. The predicted molar refractivity (Wildman–Crippen MR) is 145 cm³/mol. The Labute approximate surface area is 227 Å². The Kier molecular flexibility index (Phi) is 9.56. The van der Waals surface area contributed by atoms with E-state index in [9.17, 15) is 19.5 Å². The lowest BCUT2D eigenvalue weighted by Crippen LogP contribution is -2.69. The molecule has 0 aromatic heterocycles. The molecule has 3 aliphatic carbocycles. The highest BCUT2D eigenvalue weighted by atomic mass is 16.6. The zero-order chi connectivity index (χ0) is 27.2. The van der Waals surface area contributed by atoms with E-state index in [1.165, 1.54) is 32.1 Å². The van der Waals surface area contributed by atoms with Crippen molar-refractivity contribution in [2.45, 2.75) is 127 Å². The molecular weight excluding hydrogens is 484 g/mol. The van der Waals surface area contributed by atoms with Crippen molar-refractivity contribution >= 4 is 17.7 Å². The summed E-state index contributed by atoms with van der Waals surface area (Å²) in [5.74, 6) is -0.941. The van der Waals surface area contributed by atoms with Crippen molar-refractivity contribution in [1.29, 1.82) is 0 Å². The summed E-state index contributed by atoms with van der Waals surface area (Å²) in [7, 11) is 1.68. The predicted octanol–water partition coefficient (Wildman–Crippen LogP) is 4.66. The normalized spacial score (nSPS) is 32.7. The maximum atomic E-state index is 13.3. The van der Waals surface area contributed by atoms with E-state index in [-0.39, 0.29) is 41.8 Å². The third-order valence-electron chi connectivity index (χ3n) is 10.1. The van der Waals surface area contributed by atoms with Crippen LogP contribution in [-0.4, -0.2) is 60.3 Å². The second-order valence-corrected chi connectivity index (χ2v) is 12.3. The van der Waals surface area contributed by atoms with Gasteiger partial charge in [-0.05, 0) is 64.8 Å². The molecule has 3 N–H and O–H groups in total. The van der Waals surface area contributed by atoms with Crippen molar-refractivity contribution in [3.05, 3.63) is 11.8 Å². The lowest BCUT2D eigenvalue weighted by atomic mass is 9.56. The molecule has 0 aromatic carbocycles. The average molecular weight is 533 g/mol. The van der Waals surface area contributed by atoms with E-state index in [0.717, 1.165) is 57.1 Å². The van der Waals surface area contributed by atoms with Gasteiger partial charge in [-0.3, -0.25) is 14.4 Å². The quantitative estimate of drug-likeness (QED) is 0.260. The Hall–Kier alpha value is -1.93. The van der Waals surface area contributed by atoms with Crippen LogP contribution in [0.25, 0.3) is 0 Å². The molecule has 2 bridgehead atoms. The van der Waals surface area contributed by atoms with Gasteiger partial charge < -0.3 is 25.2 Å². The molecule has 8 nitrogen and oxygen atoms in total. The second-order valence-electron chi connectivity index (χ2n) is 12.3. The van der Waals surface area contributed by atoms with Crippen molar-refractivity contribution in [3.8, 4) is 0 Å². The number of esters is 1. The van der Waals surface area contributed by atoms with Crippen LogP contribution in [-0.2, 0) is 23.9 Å². The summed E-state index contributed by atoms with van der Waals surface area (Å²) in [6, 6.07) is -0.547. The van der Waals surface area contributed by atoms with Crippen molar-refractivity contribution in [2.24, 2.45) is 11.3 Å². The molecule has 1 heterocycles. The molecule has 8 heteroatoms. The van der Waals surface area contributed by atoms with Gasteiger partial charge in [-0.15, -0.1) is 0 Å². The average Bonchev–Trinajstić information content (AvgIpc) is 3.05. The maximum absolute atomic E-state index is 13.3. The van der Waals surface area contributed by atoms with E-state index >= 15 is 0 Å². The van der Waals surface area contributed by atoms with E-state index in [2.05, 4.69) is 17.6 Å². The van der Waals surface area contributed by atoms with Gasteiger partial charge in [-0.1, -0.05) is 51.9 Å². The highest BCUT2D eigenvalue weighted by Gasteiger charge is 2.64. The summed E-state index contributed by atoms with van der Waals surface area (Å²) in [5.41, 5.74) is -0.169. The van der Waals surface area contributed by atoms with Crippen molar-refractivity contribution in [1.82, 2.24) is 10.6 Å². The molecule has 38 heavy (non-hydrogen) atoms. The number of carbonyl (C=O) groups is 3. The fourth-order valence-corrected chi connectivity index (χ4v) is 7.36. The molecule has 3 fully saturated rings. The molecule has 4 aliphatic rings. The number of carboxylic acid groups (broad SMARTS) is 1. The van der Waals surface area contributed by atoms with E-state index in [1.54, 1.807) is 13.1 Å². The Morgan fingerprint density at radius 1 is 1.05 bits per heavy atom. The number of aliphatic carboxylic acids is 1. The molecular formula is C30H48N2O6. The maximum Gasteiger partial charge on any atom is 0.320 e. The van der Waals surface area contributed by atoms with Crippen LogP contribution in [0.2, 0.25) is 0 Å². The Morgan fingerprint density at radius 2 is 1.71 bits per heavy atom. The highest BCUT2D eigenvalue weighted by molar-refractivity contribution is 5.98. The first kappa shape index (κ1) is 29.1. The molecule has 1 aliphatic heterocycles. The molecule has 4 atom stereocenters. The SMILES string of the molecule is CNC(CCCC12CCC3(OCCOC(=O)C4CCCCCCCCC4)CCC1(C)C(=CC3=O)N2)C(=O)O. The number of likely N-dealkylation sites (N-methyl/N-ethyl adjacent to an activating group) is 1. The summed E-state index contributed by atoms with van der Waals surface area (Å²) in [6.07, 6.45) is 17.1. The Balaban J connectivity index is 1.31. The Bertz CT molecular complexity index is 895. The fraction of sp³-hybridized carbons (Fsp3) is 0.833. The van der Waals surface area contributed by atoms with Crippen LogP contribution in [0.1, 0.15) is 110 Å². The van der Waals surface area contributed by atoms with Crippen molar-refractivity contribution in [2.75, 3.05) is 20.3 Å². The van der Waals surface area contributed by atoms with Gasteiger partial charge in [0.25, 0.3) is 0 Å². The number of fused-ring (bicyclic) bond motifs is 2. The van der Waals surface area contributed by atoms with E-state index in [1.807, 2.05) is 0 Å². The first-order chi connectivity index (χ1) is 18.3. The van der Waals surface area contributed by atoms with Gasteiger partial charge in [-0.25, -0.2) is 0 Å². The smallest absolute Gasteiger partial charge is 0.320 e. The van der Waals surface area contributed by atoms with Gasteiger partial charge in [0.05, 0.1) is 12.5 Å². The standard InChI is InChI=1S/C30H48N2O6/c1-28-15-16-29(38-20-19-37-27(36)22-11-8-6-4-3-5-7-9-12-22)17-18-30(28,32-24(28)21-25(29)33)14-10-13-23(31-2)26(34)35/h21-23,31-32H,3-20H2,1-2H3,(H,34,35). The number of nitrogens with one attached hydrogen (secondary N) is 2. The number of hydrogen-bond donors (Lipinski definition) is 3. The first-order valence-electron chi connectivity index (χ1n) is 15.0. The number of rotatable bonds is 11. The number of ether oxygens (including phenoxy) is 2. The summed E-state index contributed by atoms with van der Waals surface area (Å²) in [6.45, 7) is 2.65. The summed E-state index contributed by atoms with van der Waals surface area (Å²) >= 11 is 0. The van der Waals surface area contributed by atoms with Crippen LogP contribution >= 0.6 is 0 Å². The third-order valence-corrected chi connectivity index (χ3v) is 10.1. The summed E-state index contributed by atoms with van der Waals surface area (Å²) in [5, 5.41) is 15.9. The minimum atomic E-state index is -0.871. The third kappa shape index (κ3) is 5.96. The van der Waals surface area contributed by atoms with Crippen LogP contribution < -0.4 is 10.6 Å². The monoisotopic (exact) mass is 532 g/mol. The van der Waals surface area contributed by atoms with Crippen LogP contribution in [0.15, 0.2) is 11.8 Å². The van der Waals surface area contributed by atoms with Crippen LogP contribution in [0, 0.1) is 11.3 Å². The number of hydrogen-bond acceptors (Lipinski definition) is 7. The molecule has 0 amide bonds. The van der Waals surface area contributed by atoms with Crippen molar-refractivity contribution in [3.63, 3.8) is 0 Å². The fourth-order valence-electron chi connectivity index (χ4n) is 7.36. The van der Waals surface area contributed by atoms with Crippen LogP contribution in [0.5, 0.6) is 0 Å². The zero-order valence-electron chi connectivity index (χ0n) is 23.4. The lowest BCUT2D eigenvalue weighted by molar-refractivity contribution is -0.156. The van der Waals surface area contributed by atoms with Gasteiger partial charge in [0.2, 0.25) is 0 Å². The molecule has 214 valence electrons. The topological polar surface area (TPSA) is 114 Å². The molecule has 4 unspecified atom stereocenters. The first-order valence-corrected chi connectivity index (χ1v) is 15.0. The van der Waals surface area contributed by atoms with Gasteiger partial charge in [-0.2, -0.15) is 0 Å². The summed E-state index contributed by atoms with van der Waals surface area (Å²) in [4.78, 5) is 37.5. The largest absolute Gasteiger partial charge is 0.480 e. The number of ketones is 1. The molecule has 4 rings (SSSR count). The van der Waals surface area contributed by atoms with Gasteiger partial charge in [0.15, 0.2) is 5.78 Å². The van der Waals surface area contributed by atoms with E-state index in [4.69, 9.17) is 9.47 Å². The van der Waals surface area contributed by atoms with E-state index < -0.39 is 17.6 Å². The zero-order valence-corrected chi connectivity index (χ0v) is 23.4. The van der Waals surface area contributed by atoms with Crippen molar-refractivity contribution < 1.29 is 29.0 Å². The van der Waals surface area contributed by atoms with Gasteiger partial charge in [0, 0.05) is 22.7 Å². The lowest BCUT2D eigenvalue weighted by Gasteiger charge is -2.61. The van der Waals surface area contributed by atoms with E-state index in [0.29, 0.717) is 19.3 Å². The molecule has 0 spiro atoms. The number of carbonyl (C=O) groups excluding carboxylic acids is 2. The van der Waals surface area contributed by atoms with Crippen LogP contribution in [0.3, 0.4) is 0 Å². The Morgan fingerprint density at radius 3 is 2.37 bits per heavy atom. The van der Waals surface area contributed by atoms with Gasteiger partial charge in [0.1, 0.15) is 18.2 Å². The minimum absolute atomic E-state index is 0.0109. The molecule has 0 radical (unpaired) electrons. The number of carboxylic acids is 1. The minimum Gasteiger partial charge on any atom is -0.480 e. The van der Waals surface area contributed by atoms with Gasteiger partial charge >= 0.3 is 11.9 Å². The summed E-state index contributed by atoms with van der Waals surface area (Å²) < 4.78 is 12.0. The second kappa shape index (κ2) is 12.5. The van der Waals surface area contributed by atoms with Crippen LogP contribution in [0.4, 0.5) is 0 Å².